The van der Waals surface area contributed by atoms with Crippen LogP contribution < -0.4 is 4.90 Å². The van der Waals surface area contributed by atoms with E-state index in [0.29, 0.717) is 17.7 Å². The van der Waals surface area contributed by atoms with Crippen molar-refractivity contribution in [3.63, 3.8) is 0 Å². The van der Waals surface area contributed by atoms with Gasteiger partial charge >= 0.3 is 0 Å². The van der Waals surface area contributed by atoms with Gasteiger partial charge in [0.15, 0.2) is 5.88 Å². The van der Waals surface area contributed by atoms with E-state index in [1.165, 1.54) is 43.4 Å². The molecule has 0 unspecified atom stereocenters. The number of rotatable bonds is 4. The lowest BCUT2D eigenvalue weighted by atomic mass is 9.95. The van der Waals surface area contributed by atoms with Crippen LogP contribution in [0.25, 0.3) is 10.8 Å². The van der Waals surface area contributed by atoms with Crippen molar-refractivity contribution in [1.82, 2.24) is 9.47 Å². The van der Waals surface area contributed by atoms with Gasteiger partial charge in [-0.3, -0.25) is 4.90 Å². The first kappa shape index (κ1) is 19.3. The van der Waals surface area contributed by atoms with Crippen LogP contribution in [0.15, 0.2) is 48.7 Å². The summed E-state index contributed by atoms with van der Waals surface area (Å²) in [6.45, 7) is 4.89. The Kier molecular flexibility index (Phi) is 5.30. The summed E-state index contributed by atoms with van der Waals surface area (Å²) in [6, 6.07) is 14.5. The van der Waals surface area contributed by atoms with Crippen molar-refractivity contribution in [3.8, 4) is 11.6 Å². The van der Waals surface area contributed by atoms with E-state index < -0.39 is 0 Å². The molecular formula is C25H31N3O2. The number of fused-ring (bicyclic) bond motifs is 1. The van der Waals surface area contributed by atoms with Crippen LogP contribution in [0.1, 0.15) is 43.7 Å². The van der Waals surface area contributed by atoms with Gasteiger partial charge in [-0.25, -0.2) is 0 Å². The summed E-state index contributed by atoms with van der Waals surface area (Å²) in [5.41, 5.74) is 2.43. The van der Waals surface area contributed by atoms with Gasteiger partial charge in [-0.1, -0.05) is 37.5 Å². The van der Waals surface area contributed by atoms with Crippen LogP contribution in [-0.2, 0) is 6.54 Å². The molecule has 2 heterocycles. The van der Waals surface area contributed by atoms with Gasteiger partial charge < -0.3 is 19.7 Å². The first-order chi connectivity index (χ1) is 14.7. The number of hydrogen-bond donors (Lipinski definition) is 2. The summed E-state index contributed by atoms with van der Waals surface area (Å²) in [7, 11) is 0. The van der Waals surface area contributed by atoms with Gasteiger partial charge in [-0.05, 0) is 42.7 Å². The Morgan fingerprint density at radius 3 is 2.30 bits per heavy atom. The van der Waals surface area contributed by atoms with Gasteiger partial charge in [-0.2, -0.15) is 0 Å². The number of nitrogens with zero attached hydrogens (tertiary/aromatic N) is 3. The molecule has 0 bridgehead atoms. The summed E-state index contributed by atoms with van der Waals surface area (Å²) in [5, 5.41) is 22.5. The van der Waals surface area contributed by atoms with Crippen molar-refractivity contribution in [2.45, 2.75) is 44.7 Å². The lowest BCUT2D eigenvalue weighted by Crippen LogP contribution is -2.45. The molecule has 2 N–H and O–H groups in total. The van der Waals surface area contributed by atoms with Gasteiger partial charge in [0.2, 0.25) is 0 Å². The topological polar surface area (TPSA) is 51.9 Å². The standard InChI is InChI=1S/C25H31N3O2/c29-23-10-6-19(7-11-23)17-26-12-14-27(15-13-26)22-9-8-20-18-28(25(30)24(20)16-22)21-4-2-1-3-5-21/h6-11,16,18,21,29-30H,1-5,12-15,17H2. The number of piperazine rings is 1. The molecule has 1 aliphatic heterocycles. The molecule has 2 aliphatic rings. The second-order valence-electron chi connectivity index (χ2n) is 8.85. The van der Waals surface area contributed by atoms with E-state index in [-0.39, 0.29) is 0 Å². The molecule has 1 aromatic heterocycles. The van der Waals surface area contributed by atoms with Gasteiger partial charge in [0.25, 0.3) is 0 Å². The second kappa shape index (κ2) is 8.23. The fraction of sp³-hybridized carbons (Fsp3) is 0.440. The Morgan fingerprint density at radius 1 is 0.833 bits per heavy atom. The van der Waals surface area contributed by atoms with Gasteiger partial charge in [0.1, 0.15) is 5.75 Å². The fourth-order valence-corrected chi connectivity index (χ4v) is 5.06. The van der Waals surface area contributed by atoms with Crippen LogP contribution in [0.4, 0.5) is 5.69 Å². The highest BCUT2D eigenvalue weighted by Crippen LogP contribution is 2.38. The molecule has 0 radical (unpaired) electrons. The van der Waals surface area contributed by atoms with Crippen molar-refractivity contribution in [3.05, 3.63) is 54.2 Å². The number of benzene rings is 2. The molecule has 2 aromatic carbocycles. The normalized spacial score (nSPS) is 18.9. The smallest absolute Gasteiger partial charge is 0.199 e. The molecule has 5 rings (SSSR count). The van der Waals surface area contributed by atoms with Crippen molar-refractivity contribution in [1.29, 1.82) is 0 Å². The second-order valence-corrected chi connectivity index (χ2v) is 8.85. The SMILES string of the molecule is Oc1ccc(CN2CCN(c3ccc4cn(C5CCCCC5)c(O)c4c3)CC2)cc1. The zero-order valence-corrected chi connectivity index (χ0v) is 17.5. The predicted molar refractivity (Wildman–Crippen MR) is 121 cm³/mol. The van der Waals surface area contributed by atoms with Gasteiger partial charge in [0, 0.05) is 61.4 Å². The fourth-order valence-electron chi connectivity index (χ4n) is 5.06. The van der Waals surface area contributed by atoms with Crippen LogP contribution >= 0.6 is 0 Å². The molecule has 158 valence electrons. The molecular weight excluding hydrogens is 374 g/mol. The molecule has 30 heavy (non-hydrogen) atoms. The van der Waals surface area contributed by atoms with Crippen LogP contribution in [0, 0.1) is 0 Å². The highest BCUT2D eigenvalue weighted by molar-refractivity contribution is 5.91. The third-order valence-electron chi connectivity index (χ3n) is 6.85. The Bertz CT molecular complexity index is 997. The van der Waals surface area contributed by atoms with E-state index in [4.69, 9.17) is 0 Å². The molecule has 5 nitrogen and oxygen atoms in total. The van der Waals surface area contributed by atoms with Crippen LogP contribution in [0.3, 0.4) is 0 Å². The van der Waals surface area contributed by atoms with Crippen LogP contribution in [-0.4, -0.2) is 45.9 Å². The molecule has 1 aliphatic carbocycles. The Morgan fingerprint density at radius 2 is 1.57 bits per heavy atom. The number of hydrogen-bond acceptors (Lipinski definition) is 4. The maximum atomic E-state index is 10.9. The molecule has 2 fully saturated rings. The summed E-state index contributed by atoms with van der Waals surface area (Å²) in [5.74, 6) is 0.754. The highest BCUT2D eigenvalue weighted by Gasteiger charge is 2.21. The molecule has 1 saturated carbocycles. The van der Waals surface area contributed by atoms with E-state index in [0.717, 1.165) is 43.5 Å². The zero-order chi connectivity index (χ0) is 20.5. The largest absolute Gasteiger partial charge is 0.508 e. The first-order valence-electron chi connectivity index (χ1n) is 11.3. The van der Waals surface area contributed by atoms with E-state index in [1.54, 1.807) is 12.1 Å². The average Bonchev–Trinajstić information content (AvgIpc) is 3.12. The lowest BCUT2D eigenvalue weighted by Gasteiger charge is -2.36. The third kappa shape index (κ3) is 3.86. The first-order valence-corrected chi connectivity index (χ1v) is 11.3. The minimum atomic E-state index is 0.319. The summed E-state index contributed by atoms with van der Waals surface area (Å²) >= 11 is 0. The number of phenolic OH excluding ortho intramolecular Hbond substituents is 1. The molecule has 0 atom stereocenters. The minimum Gasteiger partial charge on any atom is -0.508 e. The monoisotopic (exact) mass is 405 g/mol. The van der Waals surface area contributed by atoms with E-state index >= 15 is 0 Å². The molecule has 5 heteroatoms. The van der Waals surface area contributed by atoms with Crippen molar-refractivity contribution >= 4 is 16.5 Å². The number of aromatic nitrogens is 1. The van der Waals surface area contributed by atoms with Crippen molar-refractivity contribution in [2.75, 3.05) is 31.1 Å². The molecule has 0 spiro atoms. The van der Waals surface area contributed by atoms with Gasteiger partial charge in [0.05, 0.1) is 0 Å². The Hall–Kier alpha value is -2.66. The Balaban J connectivity index is 1.27. The molecule has 1 saturated heterocycles. The third-order valence-corrected chi connectivity index (χ3v) is 6.85. The van der Waals surface area contributed by atoms with Crippen molar-refractivity contribution in [2.24, 2.45) is 0 Å². The maximum absolute atomic E-state index is 10.9. The van der Waals surface area contributed by atoms with Crippen LogP contribution in [0.5, 0.6) is 11.6 Å². The summed E-state index contributed by atoms with van der Waals surface area (Å²) in [4.78, 5) is 4.88. The summed E-state index contributed by atoms with van der Waals surface area (Å²) in [6.07, 6.45) is 8.33. The van der Waals surface area contributed by atoms with Gasteiger partial charge in [-0.15, -0.1) is 0 Å². The van der Waals surface area contributed by atoms with Crippen LogP contribution in [0.2, 0.25) is 0 Å². The predicted octanol–water partition coefficient (Wildman–Crippen LogP) is 4.88. The highest BCUT2D eigenvalue weighted by atomic mass is 16.3. The quantitative estimate of drug-likeness (QED) is 0.650. The van der Waals surface area contributed by atoms with E-state index in [1.807, 2.05) is 12.1 Å². The number of phenols is 1. The Labute approximate surface area is 178 Å². The molecule has 3 aromatic rings. The average molecular weight is 406 g/mol. The maximum Gasteiger partial charge on any atom is 0.199 e. The van der Waals surface area contributed by atoms with E-state index in [9.17, 15) is 10.2 Å². The van der Waals surface area contributed by atoms with E-state index in [2.05, 4.69) is 38.8 Å². The molecule has 0 amide bonds. The summed E-state index contributed by atoms with van der Waals surface area (Å²) < 4.78 is 2.11. The number of anilines is 1. The number of aromatic hydroxyl groups is 2. The lowest BCUT2D eigenvalue weighted by molar-refractivity contribution is 0.250. The van der Waals surface area contributed by atoms with Crippen molar-refractivity contribution < 1.29 is 10.2 Å². The zero-order valence-electron chi connectivity index (χ0n) is 17.5. The minimum absolute atomic E-state index is 0.319.